The highest BCUT2D eigenvalue weighted by atomic mass is 16.7. The lowest BCUT2D eigenvalue weighted by Crippen LogP contribution is -2.36. The number of aromatic hydroxyl groups is 1. The van der Waals surface area contributed by atoms with E-state index in [1.54, 1.807) is 32.4 Å². The van der Waals surface area contributed by atoms with E-state index in [4.69, 9.17) is 18.6 Å². The van der Waals surface area contributed by atoms with E-state index in [1.807, 2.05) is 0 Å². The summed E-state index contributed by atoms with van der Waals surface area (Å²) in [6.45, 7) is 4.60. The van der Waals surface area contributed by atoms with Crippen molar-refractivity contribution in [3.05, 3.63) is 29.5 Å². The van der Waals surface area contributed by atoms with E-state index in [0.29, 0.717) is 5.76 Å². The molecule has 0 atom stereocenters. The summed E-state index contributed by atoms with van der Waals surface area (Å²) in [5.74, 6) is 0.915. The first kappa shape index (κ1) is 17.2. The Morgan fingerprint density at radius 1 is 1.21 bits per heavy atom. The van der Waals surface area contributed by atoms with Gasteiger partial charge < -0.3 is 23.7 Å². The van der Waals surface area contributed by atoms with Gasteiger partial charge in [-0.25, -0.2) is 0 Å². The molecule has 2 heterocycles. The molecule has 24 heavy (non-hydrogen) atoms. The van der Waals surface area contributed by atoms with Gasteiger partial charge in [0.05, 0.1) is 13.2 Å². The summed E-state index contributed by atoms with van der Waals surface area (Å²) in [6, 6.07) is 5.15. The zero-order chi connectivity index (χ0) is 16.9. The molecule has 132 valence electrons. The van der Waals surface area contributed by atoms with E-state index in [2.05, 4.69) is 4.90 Å². The largest absolute Gasteiger partial charge is 0.508 e. The Labute approximate surface area is 141 Å². The third-order valence-electron chi connectivity index (χ3n) is 4.45. The topological polar surface area (TPSA) is 64.3 Å². The molecule has 6 heteroatoms. The fraction of sp³-hybridized carbons (Fsp3) is 0.556. The van der Waals surface area contributed by atoms with Crippen molar-refractivity contribution in [2.24, 2.45) is 0 Å². The molecule has 1 aromatic carbocycles. The van der Waals surface area contributed by atoms with Gasteiger partial charge in [0.2, 0.25) is 6.29 Å². The van der Waals surface area contributed by atoms with Crippen LogP contribution in [-0.4, -0.2) is 57.1 Å². The van der Waals surface area contributed by atoms with Crippen LogP contribution in [0, 0.1) is 0 Å². The Hall–Kier alpha value is -1.60. The summed E-state index contributed by atoms with van der Waals surface area (Å²) in [5.41, 5.74) is 1.78. The minimum absolute atomic E-state index is 0.232. The minimum Gasteiger partial charge on any atom is -0.508 e. The Bertz CT molecular complexity index is 659. The van der Waals surface area contributed by atoms with Crippen LogP contribution in [-0.2, 0) is 20.6 Å². The summed E-state index contributed by atoms with van der Waals surface area (Å²) in [6.07, 6.45) is 1.29. The number of hydrogen-bond donors (Lipinski definition) is 1. The summed E-state index contributed by atoms with van der Waals surface area (Å²) in [7, 11) is 3.19. The number of furan rings is 1. The molecule has 0 aliphatic carbocycles. The third kappa shape index (κ3) is 3.72. The van der Waals surface area contributed by atoms with Gasteiger partial charge >= 0.3 is 0 Å². The van der Waals surface area contributed by atoms with Crippen molar-refractivity contribution in [2.75, 3.05) is 47.1 Å². The number of aryl methyl sites for hydroxylation is 1. The van der Waals surface area contributed by atoms with Gasteiger partial charge in [0.15, 0.2) is 5.76 Å². The molecule has 3 rings (SSSR count). The van der Waals surface area contributed by atoms with E-state index in [-0.39, 0.29) is 5.75 Å². The molecule has 1 aromatic heterocycles. The molecule has 6 nitrogen and oxygen atoms in total. The van der Waals surface area contributed by atoms with Crippen molar-refractivity contribution >= 4 is 11.0 Å². The number of methoxy groups -OCH3 is 2. The zero-order valence-corrected chi connectivity index (χ0v) is 14.3. The normalized spacial score (nSPS) is 16.3. The molecular weight excluding hydrogens is 310 g/mol. The van der Waals surface area contributed by atoms with Crippen LogP contribution in [0.1, 0.15) is 24.0 Å². The molecule has 1 fully saturated rings. The molecule has 1 N–H and O–H groups in total. The first-order valence-corrected chi connectivity index (χ1v) is 8.33. The number of nitrogens with zero attached hydrogens (tertiary/aromatic N) is 1. The highest BCUT2D eigenvalue weighted by molar-refractivity contribution is 5.83. The standard InChI is InChI=1S/C18H25NO5/c1-21-18(22-2)17-14(4-3-7-19-8-10-23-11-9-19)15-12-13(20)5-6-16(15)24-17/h5-6,12,18,20H,3-4,7-11H2,1-2H3. The first-order valence-electron chi connectivity index (χ1n) is 8.33. The van der Waals surface area contributed by atoms with Crippen molar-refractivity contribution < 1.29 is 23.7 Å². The Balaban J connectivity index is 1.80. The second-order valence-corrected chi connectivity index (χ2v) is 5.99. The van der Waals surface area contributed by atoms with Gasteiger partial charge in [-0.15, -0.1) is 0 Å². The molecule has 1 aliphatic heterocycles. The van der Waals surface area contributed by atoms with Crippen LogP contribution in [0.5, 0.6) is 5.75 Å². The molecule has 1 saturated heterocycles. The minimum atomic E-state index is -0.544. The second kappa shape index (κ2) is 7.98. The van der Waals surface area contributed by atoms with Crippen molar-refractivity contribution in [3.8, 4) is 5.75 Å². The van der Waals surface area contributed by atoms with Crippen molar-refractivity contribution in [2.45, 2.75) is 19.1 Å². The van der Waals surface area contributed by atoms with Crippen LogP contribution in [0.4, 0.5) is 0 Å². The van der Waals surface area contributed by atoms with Gasteiger partial charge in [0.1, 0.15) is 11.3 Å². The van der Waals surface area contributed by atoms with Crippen molar-refractivity contribution in [1.82, 2.24) is 4.90 Å². The molecule has 0 unspecified atom stereocenters. The maximum absolute atomic E-state index is 9.82. The predicted octanol–water partition coefficient (Wildman–Crippen LogP) is 2.69. The number of benzene rings is 1. The number of ether oxygens (including phenoxy) is 3. The molecule has 0 spiro atoms. The Morgan fingerprint density at radius 3 is 2.67 bits per heavy atom. The van der Waals surface area contributed by atoms with Crippen LogP contribution in [0.2, 0.25) is 0 Å². The average molecular weight is 335 g/mol. The molecule has 0 radical (unpaired) electrons. The molecule has 0 amide bonds. The van der Waals surface area contributed by atoms with Gasteiger partial charge in [0.25, 0.3) is 0 Å². The molecule has 1 aliphatic rings. The average Bonchev–Trinajstić information content (AvgIpc) is 2.95. The van der Waals surface area contributed by atoms with Gasteiger partial charge in [0, 0.05) is 38.3 Å². The van der Waals surface area contributed by atoms with E-state index < -0.39 is 6.29 Å². The lowest BCUT2D eigenvalue weighted by atomic mass is 10.0. The van der Waals surface area contributed by atoms with E-state index in [0.717, 1.165) is 62.2 Å². The lowest BCUT2D eigenvalue weighted by Gasteiger charge is -2.26. The highest BCUT2D eigenvalue weighted by Gasteiger charge is 2.22. The summed E-state index contributed by atoms with van der Waals surface area (Å²) in [4.78, 5) is 2.41. The molecular formula is C18H25NO5. The number of fused-ring (bicyclic) bond motifs is 1. The zero-order valence-electron chi connectivity index (χ0n) is 14.3. The third-order valence-corrected chi connectivity index (χ3v) is 4.45. The van der Waals surface area contributed by atoms with Crippen molar-refractivity contribution in [3.63, 3.8) is 0 Å². The van der Waals surface area contributed by atoms with Gasteiger partial charge in [-0.2, -0.15) is 0 Å². The van der Waals surface area contributed by atoms with Gasteiger partial charge in [-0.05, 0) is 37.6 Å². The summed E-state index contributed by atoms with van der Waals surface area (Å²) >= 11 is 0. The van der Waals surface area contributed by atoms with Crippen LogP contribution in [0.15, 0.2) is 22.6 Å². The van der Waals surface area contributed by atoms with Crippen LogP contribution in [0.25, 0.3) is 11.0 Å². The van der Waals surface area contributed by atoms with E-state index >= 15 is 0 Å². The fourth-order valence-corrected chi connectivity index (χ4v) is 3.22. The summed E-state index contributed by atoms with van der Waals surface area (Å²) < 4.78 is 22.1. The number of phenols is 1. The van der Waals surface area contributed by atoms with E-state index in [1.165, 1.54) is 0 Å². The number of morpholine rings is 1. The fourth-order valence-electron chi connectivity index (χ4n) is 3.22. The summed E-state index contributed by atoms with van der Waals surface area (Å²) in [5, 5.41) is 10.7. The Morgan fingerprint density at radius 2 is 1.96 bits per heavy atom. The Kier molecular flexibility index (Phi) is 5.73. The first-order chi connectivity index (χ1) is 11.7. The van der Waals surface area contributed by atoms with Gasteiger partial charge in [-0.1, -0.05) is 0 Å². The lowest BCUT2D eigenvalue weighted by molar-refractivity contribution is -0.117. The smallest absolute Gasteiger partial charge is 0.217 e. The number of rotatable bonds is 7. The second-order valence-electron chi connectivity index (χ2n) is 5.99. The number of hydrogen-bond acceptors (Lipinski definition) is 6. The van der Waals surface area contributed by atoms with E-state index in [9.17, 15) is 5.11 Å². The van der Waals surface area contributed by atoms with Crippen LogP contribution in [0.3, 0.4) is 0 Å². The quantitative estimate of drug-likeness (QED) is 0.785. The molecule has 0 bridgehead atoms. The molecule has 2 aromatic rings. The SMILES string of the molecule is COC(OC)c1oc2ccc(O)cc2c1CCCN1CCOCC1. The van der Waals surface area contributed by atoms with Crippen molar-refractivity contribution in [1.29, 1.82) is 0 Å². The monoisotopic (exact) mass is 335 g/mol. The predicted molar refractivity (Wildman–Crippen MR) is 90.2 cm³/mol. The van der Waals surface area contributed by atoms with Gasteiger partial charge in [-0.3, -0.25) is 4.90 Å². The maximum atomic E-state index is 9.82. The van der Waals surface area contributed by atoms with Crippen LogP contribution >= 0.6 is 0 Å². The highest BCUT2D eigenvalue weighted by Crippen LogP contribution is 2.34. The maximum Gasteiger partial charge on any atom is 0.217 e. The van der Waals surface area contributed by atoms with Crippen LogP contribution < -0.4 is 0 Å². The number of phenolic OH excluding ortho intramolecular Hbond substituents is 1. The molecule has 0 saturated carbocycles.